The van der Waals surface area contributed by atoms with Crippen LogP contribution in [0.3, 0.4) is 0 Å². The van der Waals surface area contributed by atoms with Crippen molar-refractivity contribution in [3.63, 3.8) is 0 Å². The van der Waals surface area contributed by atoms with E-state index in [4.69, 9.17) is 4.74 Å². The van der Waals surface area contributed by atoms with Gasteiger partial charge in [-0.2, -0.15) is 5.10 Å². The first kappa shape index (κ1) is 13.9. The predicted molar refractivity (Wildman–Crippen MR) is 78.0 cm³/mol. The van der Waals surface area contributed by atoms with Crippen LogP contribution in [-0.4, -0.2) is 22.5 Å². The molecule has 5 heteroatoms. The van der Waals surface area contributed by atoms with Crippen molar-refractivity contribution in [1.29, 1.82) is 0 Å². The molecule has 0 aliphatic carbocycles. The number of nitrogens with zero attached hydrogens (tertiary/aromatic N) is 1. The summed E-state index contributed by atoms with van der Waals surface area (Å²) in [6.07, 6.45) is 1.10. The third-order valence-corrected chi connectivity index (χ3v) is 4.11. The van der Waals surface area contributed by atoms with Gasteiger partial charge in [0.15, 0.2) is 0 Å². The summed E-state index contributed by atoms with van der Waals surface area (Å²) in [6.45, 7) is 4.30. The molecule has 19 heavy (non-hydrogen) atoms. The number of esters is 1. The summed E-state index contributed by atoms with van der Waals surface area (Å²) in [4.78, 5) is 11.2. The zero-order valence-corrected chi connectivity index (χ0v) is 12.0. The lowest BCUT2D eigenvalue weighted by molar-refractivity contribution is -0.143. The third-order valence-electron chi connectivity index (χ3n) is 2.85. The average molecular weight is 278 g/mol. The van der Waals surface area contributed by atoms with Crippen LogP contribution in [-0.2, 0) is 9.53 Å². The topological polar surface area (TPSA) is 50.7 Å². The van der Waals surface area contributed by atoms with Crippen LogP contribution in [0.15, 0.2) is 35.4 Å². The SMILES string of the molecule is CCOC(=O)CC[C@]1(C)NN=C(c2ccccc2)S1. The van der Waals surface area contributed by atoms with Gasteiger partial charge < -0.3 is 4.74 Å². The van der Waals surface area contributed by atoms with E-state index < -0.39 is 0 Å². The summed E-state index contributed by atoms with van der Waals surface area (Å²) in [5, 5.41) is 5.33. The fourth-order valence-corrected chi connectivity index (χ4v) is 2.88. The maximum Gasteiger partial charge on any atom is 0.305 e. The molecule has 0 unspecified atom stereocenters. The van der Waals surface area contributed by atoms with Gasteiger partial charge in [-0.3, -0.25) is 10.2 Å². The van der Waals surface area contributed by atoms with E-state index in [9.17, 15) is 4.79 Å². The second kappa shape index (κ2) is 6.10. The first-order chi connectivity index (χ1) is 9.13. The number of hydrazone groups is 1. The van der Waals surface area contributed by atoms with Crippen molar-refractivity contribution in [2.24, 2.45) is 5.10 Å². The average Bonchev–Trinajstić information content (AvgIpc) is 2.81. The van der Waals surface area contributed by atoms with Crippen LogP contribution in [0.5, 0.6) is 0 Å². The molecule has 0 saturated carbocycles. The Balaban J connectivity index is 1.90. The molecule has 0 saturated heterocycles. The second-order valence-corrected chi connectivity index (χ2v) is 6.02. The normalized spacial score (nSPS) is 21.7. The molecular formula is C14H18N2O2S. The van der Waals surface area contributed by atoms with Crippen molar-refractivity contribution in [1.82, 2.24) is 5.43 Å². The second-order valence-electron chi connectivity index (χ2n) is 4.53. The van der Waals surface area contributed by atoms with Gasteiger partial charge in [0.1, 0.15) is 9.91 Å². The van der Waals surface area contributed by atoms with Crippen LogP contribution in [0.1, 0.15) is 32.3 Å². The van der Waals surface area contributed by atoms with Crippen LogP contribution < -0.4 is 5.43 Å². The van der Waals surface area contributed by atoms with Gasteiger partial charge in [0, 0.05) is 12.0 Å². The largest absolute Gasteiger partial charge is 0.466 e. The molecule has 1 aromatic rings. The van der Waals surface area contributed by atoms with Gasteiger partial charge in [0.2, 0.25) is 0 Å². The maximum atomic E-state index is 11.4. The Labute approximate surface area is 117 Å². The van der Waals surface area contributed by atoms with Crippen molar-refractivity contribution in [2.75, 3.05) is 6.61 Å². The quantitative estimate of drug-likeness (QED) is 0.841. The van der Waals surface area contributed by atoms with Crippen molar-refractivity contribution >= 4 is 22.8 Å². The van der Waals surface area contributed by atoms with Crippen molar-refractivity contribution in [3.05, 3.63) is 35.9 Å². The summed E-state index contributed by atoms with van der Waals surface area (Å²) in [7, 11) is 0. The van der Waals surface area contributed by atoms with E-state index in [1.54, 1.807) is 11.8 Å². The molecule has 1 atom stereocenters. The summed E-state index contributed by atoms with van der Waals surface area (Å²) >= 11 is 1.66. The number of nitrogens with one attached hydrogen (secondary N) is 1. The number of ether oxygens (including phenoxy) is 1. The molecule has 4 nitrogen and oxygen atoms in total. The fourth-order valence-electron chi connectivity index (χ4n) is 1.81. The van der Waals surface area contributed by atoms with Crippen molar-refractivity contribution < 1.29 is 9.53 Å². The van der Waals surface area contributed by atoms with Gasteiger partial charge in [-0.1, -0.05) is 42.1 Å². The fraction of sp³-hybridized carbons (Fsp3) is 0.429. The zero-order valence-electron chi connectivity index (χ0n) is 11.2. The Morgan fingerprint density at radius 3 is 2.84 bits per heavy atom. The van der Waals surface area contributed by atoms with Crippen LogP contribution in [0, 0.1) is 0 Å². The van der Waals surface area contributed by atoms with Crippen LogP contribution in [0.25, 0.3) is 0 Å². The number of benzene rings is 1. The minimum atomic E-state index is -0.238. The summed E-state index contributed by atoms with van der Waals surface area (Å²) < 4.78 is 4.94. The van der Waals surface area contributed by atoms with Crippen LogP contribution in [0.4, 0.5) is 0 Å². The van der Waals surface area contributed by atoms with E-state index in [1.807, 2.05) is 37.3 Å². The monoisotopic (exact) mass is 278 g/mol. The smallest absolute Gasteiger partial charge is 0.305 e. The van der Waals surface area contributed by atoms with E-state index in [0.717, 1.165) is 10.6 Å². The summed E-state index contributed by atoms with van der Waals surface area (Å²) in [5.74, 6) is -0.153. The van der Waals surface area contributed by atoms with Gasteiger partial charge in [-0.25, -0.2) is 0 Å². The minimum absolute atomic E-state index is 0.153. The van der Waals surface area contributed by atoms with Gasteiger partial charge in [0.25, 0.3) is 0 Å². The molecule has 0 spiro atoms. The zero-order chi connectivity index (χ0) is 13.7. The summed E-state index contributed by atoms with van der Waals surface area (Å²) in [6, 6.07) is 10.0. The van der Waals surface area contributed by atoms with Crippen LogP contribution in [0.2, 0.25) is 0 Å². The first-order valence-corrected chi connectivity index (χ1v) is 7.19. The third kappa shape index (κ3) is 3.73. The van der Waals surface area contributed by atoms with E-state index in [-0.39, 0.29) is 10.8 Å². The number of rotatable bonds is 5. The molecule has 0 fully saturated rings. The van der Waals surface area contributed by atoms with Crippen LogP contribution >= 0.6 is 11.8 Å². The van der Waals surface area contributed by atoms with E-state index in [0.29, 0.717) is 19.4 Å². The lowest BCUT2D eigenvalue weighted by Gasteiger charge is -2.21. The highest BCUT2D eigenvalue weighted by molar-refractivity contribution is 8.15. The number of carbonyl (C=O) groups excluding carboxylic acids is 1. The van der Waals surface area contributed by atoms with E-state index in [2.05, 4.69) is 17.5 Å². The van der Waals surface area contributed by atoms with Crippen molar-refractivity contribution in [2.45, 2.75) is 31.6 Å². The molecular weight excluding hydrogens is 260 g/mol. The summed E-state index contributed by atoms with van der Waals surface area (Å²) in [5.41, 5.74) is 4.22. The number of hydrogen-bond acceptors (Lipinski definition) is 5. The first-order valence-electron chi connectivity index (χ1n) is 6.38. The molecule has 1 aliphatic heterocycles. The molecule has 1 aromatic carbocycles. The van der Waals surface area contributed by atoms with E-state index in [1.165, 1.54) is 0 Å². The number of carbonyl (C=O) groups is 1. The molecule has 102 valence electrons. The molecule has 0 amide bonds. The Morgan fingerprint density at radius 1 is 1.42 bits per heavy atom. The predicted octanol–water partition coefficient (Wildman–Crippen LogP) is 2.74. The highest BCUT2D eigenvalue weighted by Crippen LogP contribution is 2.35. The highest BCUT2D eigenvalue weighted by Gasteiger charge is 2.33. The molecule has 1 N–H and O–H groups in total. The van der Waals surface area contributed by atoms with Gasteiger partial charge in [-0.05, 0) is 20.3 Å². The Kier molecular flexibility index (Phi) is 4.47. The molecule has 0 aromatic heterocycles. The van der Waals surface area contributed by atoms with Gasteiger partial charge >= 0.3 is 5.97 Å². The lowest BCUT2D eigenvalue weighted by atomic mass is 10.2. The molecule has 1 heterocycles. The highest BCUT2D eigenvalue weighted by atomic mass is 32.2. The molecule has 0 bridgehead atoms. The van der Waals surface area contributed by atoms with Crippen molar-refractivity contribution in [3.8, 4) is 0 Å². The Bertz CT molecular complexity index is 476. The standard InChI is InChI=1S/C14H18N2O2S/c1-3-18-12(17)9-10-14(2)16-15-13(19-14)11-7-5-4-6-8-11/h4-8,16H,3,9-10H2,1-2H3/t14-/m1/s1. The maximum absolute atomic E-state index is 11.4. The molecule has 0 radical (unpaired) electrons. The lowest BCUT2D eigenvalue weighted by Crippen LogP contribution is -2.32. The number of thioether (sulfide) groups is 1. The molecule has 2 rings (SSSR count). The van der Waals surface area contributed by atoms with Gasteiger partial charge in [-0.15, -0.1) is 0 Å². The number of hydrogen-bond donors (Lipinski definition) is 1. The minimum Gasteiger partial charge on any atom is -0.466 e. The Hall–Kier alpha value is -1.49. The molecule has 1 aliphatic rings. The van der Waals surface area contributed by atoms with Gasteiger partial charge in [0.05, 0.1) is 6.61 Å². The van der Waals surface area contributed by atoms with E-state index >= 15 is 0 Å². The Morgan fingerprint density at radius 2 is 2.16 bits per heavy atom.